The minimum absolute atomic E-state index is 0.156. The van der Waals surface area contributed by atoms with E-state index in [1.165, 1.54) is 17.7 Å². The van der Waals surface area contributed by atoms with Gasteiger partial charge < -0.3 is 4.42 Å². The molecule has 3 heterocycles. The molecule has 0 spiro atoms. The number of benzene rings is 1. The van der Waals surface area contributed by atoms with E-state index in [2.05, 4.69) is 16.0 Å². The minimum atomic E-state index is -1.03. The van der Waals surface area contributed by atoms with Crippen LogP contribution >= 0.6 is 11.3 Å². The molecule has 0 amide bonds. The molecule has 0 radical (unpaired) electrons. The first-order valence-electron chi connectivity index (χ1n) is 7.55. The Kier molecular flexibility index (Phi) is 3.84. The van der Waals surface area contributed by atoms with Gasteiger partial charge in [-0.1, -0.05) is 30.3 Å². The standard InChI is InChI=1S/C19H11N3O2S/c20-10-13(15-8-7-12-4-1-2-5-14(12)22-15)18(23)17-19(24-11-21-17)16-6-3-9-25-16/h1-9,11,13H/t13-/m1/s1. The highest BCUT2D eigenvalue weighted by molar-refractivity contribution is 7.13. The molecule has 0 bridgehead atoms. The molecule has 5 nitrogen and oxygen atoms in total. The van der Waals surface area contributed by atoms with E-state index in [9.17, 15) is 10.1 Å². The van der Waals surface area contributed by atoms with Crippen LogP contribution in [0.4, 0.5) is 0 Å². The number of thiophene rings is 1. The van der Waals surface area contributed by atoms with Gasteiger partial charge in [0.15, 0.2) is 23.8 Å². The number of ketones is 1. The molecule has 3 aromatic heterocycles. The fourth-order valence-electron chi connectivity index (χ4n) is 2.64. The fraction of sp³-hybridized carbons (Fsp3) is 0.0526. The number of nitriles is 1. The normalized spacial score (nSPS) is 12.0. The second-order valence-corrected chi connectivity index (χ2v) is 6.31. The molecule has 0 aliphatic heterocycles. The summed E-state index contributed by atoms with van der Waals surface area (Å²) < 4.78 is 5.38. The predicted molar refractivity (Wildman–Crippen MR) is 94.2 cm³/mol. The fourth-order valence-corrected chi connectivity index (χ4v) is 3.36. The van der Waals surface area contributed by atoms with E-state index in [1.54, 1.807) is 6.07 Å². The molecule has 0 unspecified atom stereocenters. The van der Waals surface area contributed by atoms with Crippen molar-refractivity contribution < 1.29 is 9.21 Å². The molecule has 0 saturated carbocycles. The first-order chi connectivity index (χ1) is 12.3. The van der Waals surface area contributed by atoms with Crippen molar-refractivity contribution in [3.8, 4) is 16.7 Å². The van der Waals surface area contributed by atoms with Gasteiger partial charge in [-0.25, -0.2) is 4.98 Å². The number of hydrogen-bond acceptors (Lipinski definition) is 6. The van der Waals surface area contributed by atoms with Crippen LogP contribution in [0.2, 0.25) is 0 Å². The van der Waals surface area contributed by atoms with Crippen LogP contribution in [0.15, 0.2) is 64.7 Å². The van der Waals surface area contributed by atoms with Gasteiger partial charge in [-0.3, -0.25) is 9.78 Å². The molecule has 0 aliphatic carbocycles. The van der Waals surface area contributed by atoms with Crippen LogP contribution in [0.25, 0.3) is 21.5 Å². The third-order valence-corrected chi connectivity index (χ3v) is 4.72. The average molecular weight is 345 g/mol. The van der Waals surface area contributed by atoms with Crippen molar-refractivity contribution >= 4 is 28.0 Å². The first-order valence-corrected chi connectivity index (χ1v) is 8.43. The van der Waals surface area contributed by atoms with Crippen molar-refractivity contribution in [1.82, 2.24) is 9.97 Å². The van der Waals surface area contributed by atoms with Crippen molar-refractivity contribution in [1.29, 1.82) is 5.26 Å². The summed E-state index contributed by atoms with van der Waals surface area (Å²) in [5.74, 6) is -1.06. The molecular weight excluding hydrogens is 334 g/mol. The lowest BCUT2D eigenvalue weighted by molar-refractivity contribution is 0.0973. The van der Waals surface area contributed by atoms with Gasteiger partial charge in [0, 0.05) is 5.39 Å². The predicted octanol–water partition coefficient (Wildman–Crippen LogP) is 4.44. The number of rotatable bonds is 4. The van der Waals surface area contributed by atoms with Gasteiger partial charge in [-0.15, -0.1) is 11.3 Å². The summed E-state index contributed by atoms with van der Waals surface area (Å²) in [6, 6.07) is 16.9. The monoisotopic (exact) mass is 345 g/mol. The lowest BCUT2D eigenvalue weighted by atomic mass is 9.97. The van der Waals surface area contributed by atoms with E-state index >= 15 is 0 Å². The molecule has 0 fully saturated rings. The molecule has 4 rings (SSSR count). The molecule has 0 saturated heterocycles. The van der Waals surface area contributed by atoms with Crippen LogP contribution in [0, 0.1) is 11.3 Å². The Labute approximate surface area is 147 Å². The zero-order valence-corrected chi connectivity index (χ0v) is 13.7. The average Bonchev–Trinajstić information content (AvgIpc) is 3.33. The van der Waals surface area contributed by atoms with Crippen LogP contribution < -0.4 is 0 Å². The van der Waals surface area contributed by atoms with Crippen molar-refractivity contribution in [3.63, 3.8) is 0 Å². The SMILES string of the molecule is N#C[C@@H](C(=O)c1ncoc1-c1cccs1)c1ccc2ccccc2n1. The number of hydrogen-bond donors (Lipinski definition) is 0. The van der Waals surface area contributed by atoms with Gasteiger partial charge in [0.1, 0.15) is 0 Å². The Bertz CT molecular complexity index is 1090. The van der Waals surface area contributed by atoms with Gasteiger partial charge in [0.25, 0.3) is 0 Å². The van der Waals surface area contributed by atoms with Crippen LogP contribution in [0.5, 0.6) is 0 Å². The Morgan fingerprint density at radius 1 is 1.16 bits per heavy atom. The smallest absolute Gasteiger partial charge is 0.208 e. The van der Waals surface area contributed by atoms with Gasteiger partial charge in [0.2, 0.25) is 5.78 Å². The highest BCUT2D eigenvalue weighted by Crippen LogP contribution is 2.31. The number of carbonyl (C=O) groups excluding carboxylic acids is 1. The number of pyridine rings is 1. The summed E-state index contributed by atoms with van der Waals surface area (Å²) in [6.07, 6.45) is 1.23. The van der Waals surface area contributed by atoms with E-state index in [-0.39, 0.29) is 5.69 Å². The van der Waals surface area contributed by atoms with Crippen molar-refractivity contribution in [2.75, 3.05) is 0 Å². The first kappa shape index (κ1) is 15.2. The number of nitrogens with zero attached hydrogens (tertiary/aromatic N) is 3. The maximum atomic E-state index is 12.9. The summed E-state index contributed by atoms with van der Waals surface area (Å²) in [4.78, 5) is 22.2. The van der Waals surface area contributed by atoms with E-state index in [1.807, 2.05) is 47.8 Å². The highest BCUT2D eigenvalue weighted by Gasteiger charge is 2.29. The second-order valence-electron chi connectivity index (χ2n) is 5.36. The molecule has 25 heavy (non-hydrogen) atoms. The van der Waals surface area contributed by atoms with Gasteiger partial charge in [0.05, 0.1) is 22.2 Å². The summed E-state index contributed by atoms with van der Waals surface area (Å²) in [5.41, 5.74) is 1.31. The summed E-state index contributed by atoms with van der Waals surface area (Å²) >= 11 is 1.44. The number of aromatic nitrogens is 2. The second kappa shape index (κ2) is 6.30. The molecule has 4 aromatic rings. The summed E-state index contributed by atoms with van der Waals surface area (Å²) in [6.45, 7) is 0. The van der Waals surface area contributed by atoms with Gasteiger partial charge >= 0.3 is 0 Å². The lowest BCUT2D eigenvalue weighted by Crippen LogP contribution is -2.14. The number of fused-ring (bicyclic) bond motifs is 1. The van der Waals surface area contributed by atoms with Crippen LogP contribution in [-0.4, -0.2) is 15.8 Å². The molecule has 1 atom stereocenters. The van der Waals surface area contributed by atoms with E-state index in [4.69, 9.17) is 4.42 Å². The Hall–Kier alpha value is -3.30. The van der Waals surface area contributed by atoms with Crippen molar-refractivity contribution in [2.45, 2.75) is 5.92 Å². The highest BCUT2D eigenvalue weighted by atomic mass is 32.1. The van der Waals surface area contributed by atoms with E-state index < -0.39 is 11.7 Å². The molecule has 120 valence electrons. The van der Waals surface area contributed by atoms with E-state index in [0.717, 1.165) is 15.8 Å². The molecule has 6 heteroatoms. The number of oxazole rings is 1. The lowest BCUT2D eigenvalue weighted by Gasteiger charge is -2.08. The van der Waals surface area contributed by atoms with Gasteiger partial charge in [-0.05, 0) is 23.6 Å². The molecule has 1 aromatic carbocycles. The largest absolute Gasteiger partial charge is 0.442 e. The number of Topliss-reactive ketones (excluding diaryl/α,β-unsaturated/α-hetero) is 1. The zero-order chi connectivity index (χ0) is 17.2. The molecular formula is C19H11N3O2S. The molecule has 0 aliphatic rings. The number of carbonyl (C=O) groups is 1. The zero-order valence-electron chi connectivity index (χ0n) is 12.9. The van der Waals surface area contributed by atoms with Gasteiger partial charge in [-0.2, -0.15) is 5.26 Å². The molecule has 0 N–H and O–H groups in total. The third-order valence-electron chi connectivity index (χ3n) is 3.85. The topological polar surface area (TPSA) is 79.8 Å². The van der Waals surface area contributed by atoms with Crippen LogP contribution in [0.1, 0.15) is 22.1 Å². The van der Waals surface area contributed by atoms with Crippen LogP contribution in [0.3, 0.4) is 0 Å². The maximum Gasteiger partial charge on any atom is 0.208 e. The Balaban J connectivity index is 1.75. The van der Waals surface area contributed by atoms with Crippen molar-refractivity contribution in [3.05, 3.63) is 71.7 Å². The Morgan fingerprint density at radius 2 is 2.04 bits per heavy atom. The maximum absolute atomic E-state index is 12.9. The third kappa shape index (κ3) is 2.71. The van der Waals surface area contributed by atoms with Crippen molar-refractivity contribution in [2.24, 2.45) is 0 Å². The summed E-state index contributed by atoms with van der Waals surface area (Å²) in [7, 11) is 0. The quantitative estimate of drug-likeness (QED) is 0.511. The van der Waals surface area contributed by atoms with Crippen LogP contribution in [-0.2, 0) is 0 Å². The van der Waals surface area contributed by atoms with E-state index in [0.29, 0.717) is 11.5 Å². The Morgan fingerprint density at radius 3 is 2.84 bits per heavy atom. The number of para-hydroxylation sites is 1. The minimum Gasteiger partial charge on any atom is -0.442 e. The summed E-state index contributed by atoms with van der Waals surface area (Å²) in [5, 5.41) is 12.4.